The van der Waals surface area contributed by atoms with E-state index < -0.39 is 0 Å². The third kappa shape index (κ3) is 2.40. The number of hydrogen-bond acceptors (Lipinski definition) is 6. The van der Waals surface area contributed by atoms with Crippen molar-refractivity contribution in [1.29, 1.82) is 0 Å². The Balaban J connectivity index is 2.25. The summed E-state index contributed by atoms with van der Waals surface area (Å²) in [5.41, 5.74) is 9.15. The van der Waals surface area contributed by atoms with Gasteiger partial charge in [0, 0.05) is 17.3 Å². The van der Waals surface area contributed by atoms with Crippen LogP contribution in [0.15, 0.2) is 24.4 Å². The van der Waals surface area contributed by atoms with E-state index in [1.54, 1.807) is 25.8 Å². The molecule has 0 amide bonds. The van der Waals surface area contributed by atoms with Crippen LogP contribution in [0.25, 0.3) is 16.8 Å². The van der Waals surface area contributed by atoms with Crippen molar-refractivity contribution in [3.8, 4) is 28.4 Å². The maximum atomic E-state index is 5.68. The summed E-state index contributed by atoms with van der Waals surface area (Å²) in [6.07, 6.45) is 1.86. The van der Waals surface area contributed by atoms with Gasteiger partial charge in [-0.25, -0.2) is 4.52 Å². The molecule has 120 valence electrons. The Labute approximate surface area is 133 Å². The van der Waals surface area contributed by atoms with Gasteiger partial charge in [0.1, 0.15) is 0 Å². The lowest BCUT2D eigenvalue weighted by Crippen LogP contribution is -1.98. The van der Waals surface area contributed by atoms with E-state index in [4.69, 9.17) is 19.9 Å². The van der Waals surface area contributed by atoms with Gasteiger partial charge in [-0.1, -0.05) is 0 Å². The summed E-state index contributed by atoms with van der Waals surface area (Å²) in [6.45, 7) is 1.96. The zero-order valence-corrected chi connectivity index (χ0v) is 13.5. The minimum absolute atomic E-state index is 0.240. The molecule has 0 aliphatic rings. The van der Waals surface area contributed by atoms with Gasteiger partial charge in [-0.2, -0.15) is 4.98 Å². The van der Waals surface area contributed by atoms with Gasteiger partial charge in [0.05, 0.1) is 21.3 Å². The first-order chi connectivity index (χ1) is 11.1. The summed E-state index contributed by atoms with van der Waals surface area (Å²) in [7, 11) is 4.77. The standard InChI is InChI=1S/C16H18N4O3/c1-9-7-10(8-20-15(9)18-16(17)19-20)11-5-6-12(21-2)14(23-4)13(11)22-3/h5-8H,1-4H3,(H2,17,19). The zero-order valence-electron chi connectivity index (χ0n) is 13.5. The van der Waals surface area contributed by atoms with Crippen LogP contribution in [0.4, 0.5) is 5.95 Å². The van der Waals surface area contributed by atoms with Gasteiger partial charge in [-0.3, -0.25) is 0 Å². The number of ether oxygens (including phenoxy) is 3. The number of aromatic nitrogens is 3. The van der Waals surface area contributed by atoms with Gasteiger partial charge < -0.3 is 19.9 Å². The number of rotatable bonds is 4. The van der Waals surface area contributed by atoms with Crippen molar-refractivity contribution in [3.05, 3.63) is 30.0 Å². The molecule has 1 aromatic carbocycles. The Kier molecular flexibility index (Phi) is 3.69. The van der Waals surface area contributed by atoms with Crippen molar-refractivity contribution in [2.45, 2.75) is 6.92 Å². The Morgan fingerprint density at radius 2 is 1.78 bits per heavy atom. The van der Waals surface area contributed by atoms with Crippen LogP contribution >= 0.6 is 0 Å². The second kappa shape index (κ2) is 5.68. The molecule has 0 saturated carbocycles. The molecule has 0 atom stereocenters. The van der Waals surface area contributed by atoms with Crippen molar-refractivity contribution < 1.29 is 14.2 Å². The fourth-order valence-corrected chi connectivity index (χ4v) is 2.64. The lowest BCUT2D eigenvalue weighted by Gasteiger charge is -2.16. The number of anilines is 1. The molecule has 2 aromatic heterocycles. The number of methoxy groups -OCH3 is 3. The minimum atomic E-state index is 0.240. The summed E-state index contributed by atoms with van der Waals surface area (Å²) in [6, 6.07) is 5.76. The van der Waals surface area contributed by atoms with Crippen LogP contribution in [0.2, 0.25) is 0 Å². The van der Waals surface area contributed by atoms with Crippen molar-refractivity contribution >= 4 is 11.6 Å². The number of pyridine rings is 1. The van der Waals surface area contributed by atoms with Crippen LogP contribution in [0.3, 0.4) is 0 Å². The molecule has 7 heteroatoms. The predicted octanol–water partition coefficient (Wildman–Crippen LogP) is 2.31. The maximum absolute atomic E-state index is 5.68. The molecule has 2 heterocycles. The zero-order chi connectivity index (χ0) is 16.6. The molecule has 7 nitrogen and oxygen atoms in total. The van der Waals surface area contributed by atoms with Crippen LogP contribution in [0.5, 0.6) is 17.2 Å². The normalized spacial score (nSPS) is 10.8. The van der Waals surface area contributed by atoms with Gasteiger partial charge in [0.2, 0.25) is 11.7 Å². The average Bonchev–Trinajstić information content (AvgIpc) is 2.94. The van der Waals surface area contributed by atoms with E-state index in [0.717, 1.165) is 22.3 Å². The second-order valence-corrected chi connectivity index (χ2v) is 5.03. The first-order valence-electron chi connectivity index (χ1n) is 7.01. The first-order valence-corrected chi connectivity index (χ1v) is 7.01. The predicted molar refractivity (Wildman–Crippen MR) is 87.2 cm³/mol. The van der Waals surface area contributed by atoms with Crippen LogP contribution in [-0.2, 0) is 0 Å². The molecule has 2 N–H and O–H groups in total. The molecule has 3 aromatic rings. The Hall–Kier alpha value is -2.96. The molecule has 0 fully saturated rings. The fourth-order valence-electron chi connectivity index (χ4n) is 2.64. The highest BCUT2D eigenvalue weighted by Gasteiger charge is 2.18. The van der Waals surface area contributed by atoms with Gasteiger partial charge >= 0.3 is 0 Å². The molecular weight excluding hydrogens is 296 g/mol. The van der Waals surface area contributed by atoms with Crippen LogP contribution in [0.1, 0.15) is 5.56 Å². The van der Waals surface area contributed by atoms with Crippen LogP contribution in [-0.4, -0.2) is 35.9 Å². The average molecular weight is 314 g/mol. The largest absolute Gasteiger partial charge is 0.493 e. The number of nitrogens with two attached hydrogens (primary N) is 1. The van der Waals surface area contributed by atoms with Crippen molar-refractivity contribution in [2.75, 3.05) is 27.1 Å². The van der Waals surface area contributed by atoms with Crippen molar-refractivity contribution in [2.24, 2.45) is 0 Å². The number of nitrogens with zero attached hydrogens (tertiary/aromatic N) is 3. The molecular formula is C16H18N4O3. The number of benzene rings is 1. The van der Waals surface area contributed by atoms with Crippen LogP contribution in [0, 0.1) is 6.92 Å². The molecule has 0 saturated heterocycles. The summed E-state index contributed by atoms with van der Waals surface area (Å²) >= 11 is 0. The molecule has 0 radical (unpaired) electrons. The van der Waals surface area contributed by atoms with E-state index in [1.807, 2.05) is 31.3 Å². The van der Waals surface area contributed by atoms with Gasteiger partial charge in [-0.05, 0) is 30.7 Å². The highest BCUT2D eigenvalue weighted by Crippen LogP contribution is 2.44. The minimum Gasteiger partial charge on any atom is -0.493 e. The third-order valence-electron chi connectivity index (χ3n) is 3.65. The highest BCUT2D eigenvalue weighted by atomic mass is 16.5. The monoisotopic (exact) mass is 314 g/mol. The second-order valence-electron chi connectivity index (χ2n) is 5.03. The van der Waals surface area contributed by atoms with E-state index in [9.17, 15) is 0 Å². The Bertz CT molecular complexity index is 873. The smallest absolute Gasteiger partial charge is 0.240 e. The van der Waals surface area contributed by atoms with E-state index >= 15 is 0 Å². The number of hydrogen-bond donors (Lipinski definition) is 1. The summed E-state index contributed by atoms with van der Waals surface area (Å²) < 4.78 is 18.0. The lowest BCUT2D eigenvalue weighted by atomic mass is 10.0. The number of aryl methyl sites for hydroxylation is 1. The van der Waals surface area contributed by atoms with E-state index in [-0.39, 0.29) is 5.95 Å². The number of fused-ring (bicyclic) bond motifs is 1. The molecule has 0 aliphatic heterocycles. The number of nitrogen functional groups attached to an aromatic ring is 1. The summed E-state index contributed by atoms with van der Waals surface area (Å²) in [4.78, 5) is 4.20. The van der Waals surface area contributed by atoms with Crippen molar-refractivity contribution in [3.63, 3.8) is 0 Å². The topological polar surface area (TPSA) is 83.9 Å². The molecule has 0 bridgehead atoms. The van der Waals surface area contributed by atoms with Gasteiger partial charge in [-0.15, -0.1) is 5.10 Å². The molecule has 0 spiro atoms. The highest BCUT2D eigenvalue weighted by molar-refractivity contribution is 5.77. The fraction of sp³-hybridized carbons (Fsp3) is 0.250. The SMILES string of the molecule is COc1ccc(-c2cc(C)c3nc(N)nn3c2)c(OC)c1OC. The van der Waals surface area contributed by atoms with Gasteiger partial charge in [0.25, 0.3) is 0 Å². The third-order valence-corrected chi connectivity index (χ3v) is 3.65. The van der Waals surface area contributed by atoms with E-state index in [1.165, 1.54) is 0 Å². The van der Waals surface area contributed by atoms with Crippen LogP contribution < -0.4 is 19.9 Å². The Morgan fingerprint density at radius 1 is 1.04 bits per heavy atom. The molecule has 0 unspecified atom stereocenters. The van der Waals surface area contributed by atoms with Crippen molar-refractivity contribution in [1.82, 2.24) is 14.6 Å². The Morgan fingerprint density at radius 3 is 2.43 bits per heavy atom. The quantitative estimate of drug-likeness (QED) is 0.795. The first kappa shape index (κ1) is 15.0. The summed E-state index contributed by atoms with van der Waals surface area (Å²) in [5, 5.41) is 4.18. The molecule has 3 rings (SSSR count). The molecule has 23 heavy (non-hydrogen) atoms. The molecule has 0 aliphatic carbocycles. The van der Waals surface area contributed by atoms with E-state index in [2.05, 4.69) is 10.1 Å². The lowest BCUT2D eigenvalue weighted by molar-refractivity contribution is 0.325. The van der Waals surface area contributed by atoms with Gasteiger partial charge in [0.15, 0.2) is 17.1 Å². The maximum Gasteiger partial charge on any atom is 0.240 e. The summed E-state index contributed by atoms with van der Waals surface area (Å²) in [5.74, 6) is 1.99. The van der Waals surface area contributed by atoms with E-state index in [0.29, 0.717) is 17.2 Å².